The average molecular weight is 273 g/mol. The molecule has 0 saturated heterocycles. The first-order chi connectivity index (χ1) is 8.82. The first-order valence-electron chi connectivity index (χ1n) is 5.40. The topological polar surface area (TPSA) is 46.0 Å². The SMILES string of the molecule is COc1ccc(N=C(NN=C(C)C)C(F)(F)F)cc1. The lowest BCUT2D eigenvalue weighted by Gasteiger charge is -2.10. The number of halogens is 3. The molecular formula is C12H14F3N3O. The lowest BCUT2D eigenvalue weighted by molar-refractivity contribution is -0.0617. The van der Waals surface area contributed by atoms with Crippen LogP contribution in [0, 0.1) is 0 Å². The van der Waals surface area contributed by atoms with E-state index in [1.165, 1.54) is 31.4 Å². The van der Waals surface area contributed by atoms with Crippen LogP contribution >= 0.6 is 0 Å². The van der Waals surface area contributed by atoms with Gasteiger partial charge >= 0.3 is 6.18 Å². The van der Waals surface area contributed by atoms with Crippen LogP contribution < -0.4 is 10.2 Å². The summed E-state index contributed by atoms with van der Waals surface area (Å²) in [6.07, 6.45) is -4.60. The van der Waals surface area contributed by atoms with Gasteiger partial charge in [-0.25, -0.2) is 4.99 Å². The Morgan fingerprint density at radius 1 is 1.16 bits per heavy atom. The van der Waals surface area contributed by atoms with Gasteiger partial charge in [0.15, 0.2) is 0 Å². The number of amidine groups is 1. The Labute approximate surface area is 109 Å². The Balaban J connectivity index is 3.01. The van der Waals surface area contributed by atoms with Gasteiger partial charge in [0.1, 0.15) is 5.75 Å². The molecule has 0 aliphatic heterocycles. The summed E-state index contributed by atoms with van der Waals surface area (Å²) in [5.41, 5.74) is 2.54. The minimum absolute atomic E-state index is 0.157. The van der Waals surface area contributed by atoms with Crippen molar-refractivity contribution in [3.05, 3.63) is 24.3 Å². The van der Waals surface area contributed by atoms with Gasteiger partial charge in [-0.05, 0) is 38.1 Å². The van der Waals surface area contributed by atoms with Crippen LogP contribution in [0.3, 0.4) is 0 Å². The van der Waals surface area contributed by atoms with E-state index in [4.69, 9.17) is 4.74 Å². The van der Waals surface area contributed by atoms with Gasteiger partial charge in [-0.2, -0.15) is 18.3 Å². The molecule has 0 atom stereocenters. The van der Waals surface area contributed by atoms with E-state index in [0.29, 0.717) is 11.5 Å². The lowest BCUT2D eigenvalue weighted by Crippen LogP contribution is -2.34. The van der Waals surface area contributed by atoms with Gasteiger partial charge in [0.05, 0.1) is 12.8 Å². The number of hydrogen-bond donors (Lipinski definition) is 1. The molecule has 1 aromatic rings. The van der Waals surface area contributed by atoms with Crippen molar-refractivity contribution in [1.29, 1.82) is 0 Å². The van der Waals surface area contributed by atoms with Crippen LogP contribution in [0.1, 0.15) is 13.8 Å². The van der Waals surface area contributed by atoms with Crippen LogP contribution in [0.25, 0.3) is 0 Å². The van der Waals surface area contributed by atoms with Gasteiger partial charge in [0.2, 0.25) is 5.84 Å². The van der Waals surface area contributed by atoms with E-state index in [1.807, 2.05) is 5.43 Å². The lowest BCUT2D eigenvalue weighted by atomic mass is 10.3. The molecule has 0 spiro atoms. The van der Waals surface area contributed by atoms with Gasteiger partial charge < -0.3 is 4.74 Å². The van der Waals surface area contributed by atoms with Crippen molar-refractivity contribution in [3.63, 3.8) is 0 Å². The molecule has 0 radical (unpaired) electrons. The number of hydrogen-bond acceptors (Lipinski definition) is 3. The fourth-order valence-corrected chi connectivity index (χ4v) is 1.10. The fraction of sp³-hybridized carbons (Fsp3) is 0.333. The molecule has 7 heteroatoms. The molecule has 0 saturated carbocycles. The summed E-state index contributed by atoms with van der Waals surface area (Å²) in [4.78, 5) is 3.50. The summed E-state index contributed by atoms with van der Waals surface area (Å²) < 4.78 is 43.1. The molecule has 1 N–H and O–H groups in total. The number of aliphatic imine (C=N–C) groups is 1. The Morgan fingerprint density at radius 2 is 1.74 bits per heavy atom. The van der Waals surface area contributed by atoms with E-state index in [1.54, 1.807) is 13.8 Å². The molecule has 4 nitrogen and oxygen atoms in total. The Hall–Kier alpha value is -2.05. The second kappa shape index (κ2) is 6.21. The van der Waals surface area contributed by atoms with Gasteiger partial charge in [0, 0.05) is 5.71 Å². The van der Waals surface area contributed by atoms with Crippen molar-refractivity contribution in [1.82, 2.24) is 5.43 Å². The first kappa shape index (κ1) is 15.0. The van der Waals surface area contributed by atoms with E-state index in [9.17, 15) is 13.2 Å². The van der Waals surface area contributed by atoms with Gasteiger partial charge in [-0.3, -0.25) is 5.43 Å². The highest BCUT2D eigenvalue weighted by atomic mass is 19.4. The number of benzene rings is 1. The summed E-state index contributed by atoms with van der Waals surface area (Å²) in [6, 6.07) is 5.91. The fourth-order valence-electron chi connectivity index (χ4n) is 1.10. The molecule has 1 rings (SSSR count). The maximum atomic E-state index is 12.7. The number of ether oxygens (including phenoxy) is 1. The molecule has 19 heavy (non-hydrogen) atoms. The third-order valence-electron chi connectivity index (χ3n) is 1.97. The summed E-state index contributed by atoms with van der Waals surface area (Å²) in [7, 11) is 1.47. The van der Waals surface area contributed by atoms with E-state index in [-0.39, 0.29) is 5.69 Å². The zero-order valence-electron chi connectivity index (χ0n) is 10.7. The Kier molecular flexibility index (Phi) is 4.91. The van der Waals surface area contributed by atoms with E-state index >= 15 is 0 Å². The minimum Gasteiger partial charge on any atom is -0.497 e. The van der Waals surface area contributed by atoms with Crippen LogP contribution in [-0.2, 0) is 0 Å². The standard InChI is InChI=1S/C12H14F3N3O/c1-8(2)17-18-11(12(13,14)15)16-9-4-6-10(19-3)7-5-9/h4-7H,1-3H3,(H,16,18). The molecule has 0 heterocycles. The van der Waals surface area contributed by atoms with Gasteiger partial charge in [-0.1, -0.05) is 0 Å². The number of alkyl halides is 3. The van der Waals surface area contributed by atoms with Gasteiger partial charge in [0.25, 0.3) is 0 Å². The monoisotopic (exact) mass is 273 g/mol. The van der Waals surface area contributed by atoms with E-state index in [0.717, 1.165) is 0 Å². The van der Waals surface area contributed by atoms with Crippen molar-refractivity contribution in [3.8, 4) is 5.75 Å². The minimum atomic E-state index is -4.60. The first-order valence-corrected chi connectivity index (χ1v) is 5.40. The van der Waals surface area contributed by atoms with Crippen LogP contribution in [0.2, 0.25) is 0 Å². The predicted octanol–water partition coefficient (Wildman–Crippen LogP) is 3.27. The van der Waals surface area contributed by atoms with Gasteiger partial charge in [-0.15, -0.1) is 0 Å². The second-order valence-corrected chi connectivity index (χ2v) is 3.83. The zero-order valence-corrected chi connectivity index (χ0v) is 10.7. The Bertz CT molecular complexity index is 474. The molecule has 0 aromatic heterocycles. The highest BCUT2D eigenvalue weighted by Crippen LogP contribution is 2.22. The third kappa shape index (κ3) is 4.99. The molecule has 0 unspecified atom stereocenters. The number of hydrazone groups is 1. The summed E-state index contributed by atoms with van der Waals surface area (Å²) in [5.74, 6) is -0.623. The quantitative estimate of drug-likeness (QED) is 0.522. The molecule has 0 bridgehead atoms. The van der Waals surface area contributed by atoms with Crippen molar-refractivity contribution in [2.24, 2.45) is 10.1 Å². The molecule has 0 aliphatic carbocycles. The maximum absolute atomic E-state index is 12.7. The molecule has 0 amide bonds. The molecule has 0 fully saturated rings. The molecular weight excluding hydrogens is 259 g/mol. The zero-order chi connectivity index (χ0) is 14.5. The molecule has 0 aliphatic rings. The van der Waals surface area contributed by atoms with Crippen molar-refractivity contribution in [2.45, 2.75) is 20.0 Å². The average Bonchev–Trinajstić information content (AvgIpc) is 2.33. The van der Waals surface area contributed by atoms with Crippen LogP contribution in [0.15, 0.2) is 34.4 Å². The van der Waals surface area contributed by atoms with Crippen LogP contribution in [-0.4, -0.2) is 24.8 Å². The van der Waals surface area contributed by atoms with Crippen molar-refractivity contribution in [2.75, 3.05) is 7.11 Å². The van der Waals surface area contributed by atoms with Crippen LogP contribution in [0.5, 0.6) is 5.75 Å². The molecule has 104 valence electrons. The van der Waals surface area contributed by atoms with Crippen LogP contribution in [0.4, 0.5) is 18.9 Å². The summed E-state index contributed by atoms with van der Waals surface area (Å²) >= 11 is 0. The van der Waals surface area contributed by atoms with Crippen molar-refractivity contribution < 1.29 is 17.9 Å². The number of nitrogens with one attached hydrogen (secondary N) is 1. The van der Waals surface area contributed by atoms with Crippen molar-refractivity contribution >= 4 is 17.2 Å². The Morgan fingerprint density at radius 3 is 2.16 bits per heavy atom. The predicted molar refractivity (Wildman–Crippen MR) is 68.1 cm³/mol. The van der Waals surface area contributed by atoms with E-state index < -0.39 is 12.0 Å². The molecule has 1 aromatic carbocycles. The second-order valence-electron chi connectivity index (χ2n) is 3.83. The summed E-state index contributed by atoms with van der Waals surface area (Å²) in [5, 5.41) is 3.51. The summed E-state index contributed by atoms with van der Waals surface area (Å²) in [6.45, 7) is 3.16. The highest BCUT2D eigenvalue weighted by Gasteiger charge is 2.36. The highest BCUT2D eigenvalue weighted by molar-refractivity contribution is 5.91. The number of methoxy groups -OCH3 is 1. The number of rotatable bonds is 3. The third-order valence-corrected chi connectivity index (χ3v) is 1.97. The smallest absolute Gasteiger partial charge is 0.451 e. The number of nitrogens with zero attached hydrogens (tertiary/aromatic N) is 2. The largest absolute Gasteiger partial charge is 0.497 e. The normalized spacial score (nSPS) is 12.0. The maximum Gasteiger partial charge on any atom is 0.451 e. The van der Waals surface area contributed by atoms with E-state index in [2.05, 4.69) is 10.1 Å².